The molecular formula is C21H24N2O3. The van der Waals surface area contributed by atoms with Crippen LogP contribution in [0.25, 0.3) is 0 Å². The van der Waals surface area contributed by atoms with E-state index in [-0.39, 0.29) is 23.7 Å². The van der Waals surface area contributed by atoms with Gasteiger partial charge in [-0.1, -0.05) is 36.4 Å². The summed E-state index contributed by atoms with van der Waals surface area (Å²) < 4.78 is 5.14. The highest BCUT2D eigenvalue weighted by Crippen LogP contribution is 2.39. The van der Waals surface area contributed by atoms with Crippen molar-refractivity contribution in [1.82, 2.24) is 5.32 Å². The van der Waals surface area contributed by atoms with E-state index in [1.54, 1.807) is 13.2 Å². The van der Waals surface area contributed by atoms with Crippen molar-refractivity contribution >= 4 is 17.5 Å². The van der Waals surface area contributed by atoms with Gasteiger partial charge in [0.05, 0.1) is 18.9 Å². The first-order valence-corrected chi connectivity index (χ1v) is 8.94. The minimum Gasteiger partial charge on any atom is -0.497 e. The third-order valence-corrected chi connectivity index (χ3v) is 4.59. The van der Waals surface area contributed by atoms with Gasteiger partial charge in [-0.25, -0.2) is 0 Å². The molecular weight excluding hydrogens is 328 g/mol. The molecule has 0 aromatic heterocycles. The molecule has 0 radical (unpaired) electrons. The summed E-state index contributed by atoms with van der Waals surface area (Å²) in [6, 6.07) is 17.4. The van der Waals surface area contributed by atoms with Crippen LogP contribution in [0.3, 0.4) is 0 Å². The lowest BCUT2D eigenvalue weighted by atomic mass is 10.1. The molecule has 1 aliphatic carbocycles. The van der Waals surface area contributed by atoms with Crippen LogP contribution in [0.4, 0.5) is 5.69 Å². The maximum Gasteiger partial charge on any atom is 0.228 e. The number of nitrogens with one attached hydrogen (secondary N) is 2. The molecule has 3 rings (SSSR count). The standard InChI is InChI=1S/C21H24N2O3/c1-26-17-11-5-10-16(13-17)23-21(25)19-14-18(19)20(24)22-12-6-9-15-7-3-2-4-8-15/h2-5,7-8,10-11,13,18-19H,6,9,12,14H2,1H3,(H,22,24)(H,23,25). The number of aryl methyl sites for hydroxylation is 1. The van der Waals surface area contributed by atoms with Crippen LogP contribution in [0.15, 0.2) is 54.6 Å². The second kappa shape index (κ2) is 8.52. The normalized spacial score (nSPS) is 18.0. The van der Waals surface area contributed by atoms with Gasteiger partial charge < -0.3 is 15.4 Å². The average Bonchev–Trinajstić information content (AvgIpc) is 3.47. The summed E-state index contributed by atoms with van der Waals surface area (Å²) in [5.41, 5.74) is 1.95. The molecule has 1 aliphatic rings. The molecule has 0 spiro atoms. The van der Waals surface area contributed by atoms with Crippen molar-refractivity contribution in [2.45, 2.75) is 19.3 Å². The number of carbonyl (C=O) groups excluding carboxylic acids is 2. The number of carbonyl (C=O) groups is 2. The van der Waals surface area contributed by atoms with E-state index in [4.69, 9.17) is 4.74 Å². The first kappa shape index (κ1) is 18.0. The minimum atomic E-state index is -0.240. The molecule has 0 bridgehead atoms. The number of methoxy groups -OCH3 is 1. The van der Waals surface area contributed by atoms with E-state index >= 15 is 0 Å². The van der Waals surface area contributed by atoms with Gasteiger partial charge in [-0.2, -0.15) is 0 Å². The molecule has 0 heterocycles. The zero-order valence-corrected chi connectivity index (χ0v) is 14.9. The lowest BCUT2D eigenvalue weighted by Crippen LogP contribution is -2.28. The largest absolute Gasteiger partial charge is 0.497 e. The number of ether oxygens (including phenoxy) is 1. The van der Waals surface area contributed by atoms with Gasteiger partial charge >= 0.3 is 0 Å². The fraction of sp³-hybridized carbons (Fsp3) is 0.333. The molecule has 2 aromatic carbocycles. The van der Waals surface area contributed by atoms with E-state index in [0.717, 1.165) is 12.8 Å². The van der Waals surface area contributed by atoms with Crippen molar-refractivity contribution in [3.8, 4) is 5.75 Å². The third kappa shape index (κ3) is 4.85. The van der Waals surface area contributed by atoms with Gasteiger partial charge in [0.1, 0.15) is 5.75 Å². The van der Waals surface area contributed by atoms with Crippen LogP contribution in [0.1, 0.15) is 18.4 Å². The van der Waals surface area contributed by atoms with Gasteiger partial charge in [0.2, 0.25) is 11.8 Å². The Bertz CT molecular complexity index is 761. The van der Waals surface area contributed by atoms with Gasteiger partial charge in [-0.3, -0.25) is 9.59 Å². The number of anilines is 1. The lowest BCUT2D eigenvalue weighted by Gasteiger charge is -2.07. The van der Waals surface area contributed by atoms with Crippen molar-refractivity contribution in [2.75, 3.05) is 19.0 Å². The third-order valence-electron chi connectivity index (χ3n) is 4.59. The molecule has 0 aliphatic heterocycles. The Hall–Kier alpha value is -2.82. The maximum absolute atomic E-state index is 12.3. The Morgan fingerprint density at radius 2 is 1.81 bits per heavy atom. The van der Waals surface area contributed by atoms with Crippen molar-refractivity contribution < 1.29 is 14.3 Å². The number of benzene rings is 2. The van der Waals surface area contributed by atoms with Gasteiger partial charge in [0.15, 0.2) is 0 Å². The SMILES string of the molecule is COc1cccc(NC(=O)C2CC2C(=O)NCCCc2ccccc2)c1. The second-order valence-electron chi connectivity index (χ2n) is 6.55. The summed E-state index contributed by atoms with van der Waals surface area (Å²) in [7, 11) is 1.58. The van der Waals surface area contributed by atoms with Crippen LogP contribution in [-0.4, -0.2) is 25.5 Å². The zero-order valence-electron chi connectivity index (χ0n) is 14.9. The molecule has 2 N–H and O–H groups in total. The van der Waals surface area contributed by atoms with Crippen molar-refractivity contribution in [3.63, 3.8) is 0 Å². The number of amides is 2. The van der Waals surface area contributed by atoms with E-state index < -0.39 is 0 Å². The monoisotopic (exact) mass is 352 g/mol. The summed E-state index contributed by atoms with van der Waals surface area (Å²) in [6.45, 7) is 0.633. The molecule has 26 heavy (non-hydrogen) atoms. The minimum absolute atomic E-state index is 0.0242. The molecule has 2 unspecified atom stereocenters. The molecule has 1 saturated carbocycles. The van der Waals surface area contributed by atoms with Crippen LogP contribution < -0.4 is 15.4 Å². The van der Waals surface area contributed by atoms with Crippen molar-refractivity contribution in [2.24, 2.45) is 11.8 Å². The molecule has 5 heteroatoms. The predicted octanol–water partition coefficient (Wildman–Crippen LogP) is 3.02. The lowest BCUT2D eigenvalue weighted by molar-refractivity contribution is -0.125. The smallest absolute Gasteiger partial charge is 0.228 e. The van der Waals surface area contributed by atoms with Crippen LogP contribution >= 0.6 is 0 Å². The Labute approximate surface area is 153 Å². The number of hydrogen-bond acceptors (Lipinski definition) is 3. The second-order valence-corrected chi connectivity index (χ2v) is 6.55. The fourth-order valence-electron chi connectivity index (χ4n) is 2.99. The van der Waals surface area contributed by atoms with E-state index in [0.29, 0.717) is 24.4 Å². The highest BCUT2D eigenvalue weighted by molar-refractivity contribution is 5.99. The molecule has 136 valence electrons. The summed E-state index contributed by atoms with van der Waals surface area (Å²) in [5.74, 6) is 0.102. The van der Waals surface area contributed by atoms with E-state index in [2.05, 4.69) is 22.8 Å². The summed E-state index contributed by atoms with van der Waals surface area (Å²) in [4.78, 5) is 24.4. The van der Waals surface area contributed by atoms with E-state index in [1.807, 2.05) is 36.4 Å². The maximum atomic E-state index is 12.3. The molecule has 5 nitrogen and oxygen atoms in total. The zero-order chi connectivity index (χ0) is 18.4. The highest BCUT2D eigenvalue weighted by Gasteiger charge is 2.47. The van der Waals surface area contributed by atoms with Crippen molar-refractivity contribution in [3.05, 3.63) is 60.2 Å². The summed E-state index contributed by atoms with van der Waals surface area (Å²) in [6.07, 6.45) is 2.44. The van der Waals surface area contributed by atoms with Crippen LogP contribution in [0, 0.1) is 11.8 Å². The molecule has 2 amide bonds. The molecule has 2 aromatic rings. The number of rotatable bonds is 8. The summed E-state index contributed by atoms with van der Waals surface area (Å²) in [5, 5.41) is 5.80. The molecule has 0 saturated heterocycles. The van der Waals surface area contributed by atoms with Gasteiger partial charge in [0.25, 0.3) is 0 Å². The highest BCUT2D eigenvalue weighted by atomic mass is 16.5. The Balaban J connectivity index is 1.38. The first-order chi connectivity index (χ1) is 12.7. The van der Waals surface area contributed by atoms with Crippen LogP contribution in [0.2, 0.25) is 0 Å². The van der Waals surface area contributed by atoms with Gasteiger partial charge in [-0.15, -0.1) is 0 Å². The van der Waals surface area contributed by atoms with Gasteiger partial charge in [-0.05, 0) is 37.0 Å². The fourth-order valence-corrected chi connectivity index (χ4v) is 2.99. The van der Waals surface area contributed by atoms with E-state index in [1.165, 1.54) is 5.56 Å². The van der Waals surface area contributed by atoms with E-state index in [9.17, 15) is 9.59 Å². The molecule has 2 atom stereocenters. The van der Waals surface area contributed by atoms with Gasteiger partial charge in [0, 0.05) is 18.3 Å². The molecule has 1 fully saturated rings. The Kier molecular flexibility index (Phi) is 5.89. The number of hydrogen-bond donors (Lipinski definition) is 2. The van der Waals surface area contributed by atoms with Crippen LogP contribution in [-0.2, 0) is 16.0 Å². The van der Waals surface area contributed by atoms with Crippen molar-refractivity contribution in [1.29, 1.82) is 0 Å². The first-order valence-electron chi connectivity index (χ1n) is 8.94. The Morgan fingerprint density at radius 3 is 2.58 bits per heavy atom. The predicted molar refractivity (Wildman–Crippen MR) is 101 cm³/mol. The summed E-state index contributed by atoms with van der Waals surface area (Å²) >= 11 is 0. The average molecular weight is 352 g/mol. The Morgan fingerprint density at radius 1 is 1.04 bits per heavy atom. The van der Waals surface area contributed by atoms with Crippen LogP contribution in [0.5, 0.6) is 5.75 Å². The topological polar surface area (TPSA) is 67.4 Å². The quantitative estimate of drug-likeness (QED) is 0.718.